The number of sulfonamides is 1. The Morgan fingerprint density at radius 3 is 2.68 bits per heavy atom. The Labute approximate surface area is 181 Å². The maximum absolute atomic E-state index is 13.3. The van der Waals surface area contributed by atoms with E-state index in [1.807, 2.05) is 0 Å². The van der Waals surface area contributed by atoms with E-state index in [2.05, 4.69) is 10.3 Å². The number of carbonyl (C=O) groups is 2. The van der Waals surface area contributed by atoms with Gasteiger partial charge in [0.2, 0.25) is 11.8 Å². The van der Waals surface area contributed by atoms with Gasteiger partial charge in [-0.1, -0.05) is 24.3 Å². The number of aliphatic hydroxyl groups excluding tert-OH is 1. The van der Waals surface area contributed by atoms with Crippen molar-refractivity contribution in [1.82, 2.24) is 14.6 Å². The van der Waals surface area contributed by atoms with E-state index in [9.17, 15) is 23.1 Å². The summed E-state index contributed by atoms with van der Waals surface area (Å²) >= 11 is 0. The second kappa shape index (κ2) is 9.99. The van der Waals surface area contributed by atoms with Crippen LogP contribution in [-0.4, -0.2) is 59.9 Å². The molecule has 2 amide bonds. The van der Waals surface area contributed by atoms with Crippen molar-refractivity contribution in [1.29, 1.82) is 0 Å². The summed E-state index contributed by atoms with van der Waals surface area (Å²) in [4.78, 5) is 28.7. The summed E-state index contributed by atoms with van der Waals surface area (Å²) < 4.78 is 27.4. The lowest BCUT2D eigenvalue weighted by Crippen LogP contribution is -2.51. The van der Waals surface area contributed by atoms with Gasteiger partial charge in [-0.3, -0.25) is 9.59 Å². The molecule has 9 nitrogen and oxygen atoms in total. The molecule has 1 aromatic carbocycles. The van der Waals surface area contributed by atoms with Crippen LogP contribution in [0.1, 0.15) is 28.8 Å². The van der Waals surface area contributed by atoms with Gasteiger partial charge in [0, 0.05) is 18.3 Å². The van der Waals surface area contributed by atoms with E-state index in [0.717, 1.165) is 4.31 Å². The molecule has 1 fully saturated rings. The predicted molar refractivity (Wildman–Crippen MR) is 113 cm³/mol. The first kappa shape index (κ1) is 22.9. The number of rotatable bonds is 7. The van der Waals surface area contributed by atoms with Crippen molar-refractivity contribution in [2.75, 3.05) is 13.1 Å². The molecular formula is C21H25N4O5S. The third-order valence-corrected chi connectivity index (χ3v) is 6.85. The fourth-order valence-electron chi connectivity index (χ4n) is 3.57. The molecule has 4 N–H and O–H groups in total. The monoisotopic (exact) mass is 445 g/mol. The van der Waals surface area contributed by atoms with Crippen molar-refractivity contribution < 1.29 is 23.1 Å². The number of nitrogens with one attached hydrogen (secondary N) is 1. The quantitative estimate of drug-likeness (QED) is 0.555. The molecule has 0 bridgehead atoms. The van der Waals surface area contributed by atoms with Gasteiger partial charge in [0.15, 0.2) is 5.03 Å². The van der Waals surface area contributed by atoms with Crippen molar-refractivity contribution in [3.63, 3.8) is 0 Å². The zero-order valence-electron chi connectivity index (χ0n) is 16.8. The Hall–Kier alpha value is -2.82. The smallest absolute Gasteiger partial charge is 0.284 e. The van der Waals surface area contributed by atoms with E-state index in [-0.39, 0.29) is 23.6 Å². The van der Waals surface area contributed by atoms with Gasteiger partial charge in [0.1, 0.15) is 0 Å². The number of benzene rings is 1. The zero-order chi connectivity index (χ0) is 22.4. The van der Waals surface area contributed by atoms with Crippen LogP contribution in [0.3, 0.4) is 0 Å². The fourth-order valence-corrected chi connectivity index (χ4v) is 5.13. The van der Waals surface area contributed by atoms with Crippen molar-refractivity contribution in [3.8, 4) is 0 Å². The second-order valence-corrected chi connectivity index (χ2v) is 8.98. The molecule has 1 unspecified atom stereocenters. The van der Waals surface area contributed by atoms with E-state index < -0.39 is 34.0 Å². The van der Waals surface area contributed by atoms with Crippen LogP contribution in [0.4, 0.5) is 0 Å². The number of primary amides is 1. The Kier molecular flexibility index (Phi) is 7.37. The Balaban J connectivity index is 1.92. The molecule has 3 rings (SSSR count). The highest BCUT2D eigenvalue weighted by molar-refractivity contribution is 7.89. The minimum atomic E-state index is -4.32. The molecule has 1 aliphatic rings. The van der Waals surface area contributed by atoms with Gasteiger partial charge in [-0.05, 0) is 49.6 Å². The standard InChI is InChI=1S/C21H25N4O5S/c22-21(28)16-7-2-1-6-15(16)10-11-20(27)25(17-8-5-12-23-14-18(17)26)31(29,30)19-9-3-4-13-24-19/h1-4,6-7,9,11,13,17-18,23,26H,5,8,10,12,14H2,(H2,22,28)/t17?,18-/m0/s1. The van der Waals surface area contributed by atoms with Crippen LogP contribution in [-0.2, 0) is 21.2 Å². The molecule has 1 aromatic heterocycles. The van der Waals surface area contributed by atoms with Crippen LogP contribution in [0, 0.1) is 6.42 Å². The summed E-state index contributed by atoms with van der Waals surface area (Å²) in [5, 5.41) is 13.3. The number of β-amino-alcohol motifs (C(OH)–C–C–N with tert-alkyl or cyclic N) is 1. The van der Waals surface area contributed by atoms with Gasteiger partial charge in [0.25, 0.3) is 10.0 Å². The Bertz CT molecular complexity index is 1030. The Morgan fingerprint density at radius 1 is 1.23 bits per heavy atom. The minimum Gasteiger partial charge on any atom is -0.390 e. The van der Waals surface area contributed by atoms with Gasteiger partial charge in [-0.25, -0.2) is 9.29 Å². The van der Waals surface area contributed by atoms with Gasteiger partial charge in [-0.2, -0.15) is 8.42 Å². The molecule has 1 saturated heterocycles. The van der Waals surface area contributed by atoms with Crippen LogP contribution in [0.15, 0.2) is 53.7 Å². The zero-order valence-corrected chi connectivity index (χ0v) is 17.7. The van der Waals surface area contributed by atoms with Crippen molar-refractivity contribution in [2.24, 2.45) is 5.73 Å². The number of hydrogen-bond acceptors (Lipinski definition) is 7. The number of nitrogens with zero attached hydrogens (tertiary/aromatic N) is 2. The van der Waals surface area contributed by atoms with Crippen molar-refractivity contribution >= 4 is 21.8 Å². The highest BCUT2D eigenvalue weighted by Crippen LogP contribution is 2.24. The van der Waals surface area contributed by atoms with Gasteiger partial charge in [-0.15, -0.1) is 0 Å². The molecule has 0 aliphatic carbocycles. The first-order chi connectivity index (χ1) is 14.8. The highest BCUT2D eigenvalue weighted by atomic mass is 32.2. The molecule has 2 heterocycles. The first-order valence-electron chi connectivity index (χ1n) is 9.91. The molecule has 165 valence electrons. The maximum atomic E-state index is 13.3. The summed E-state index contributed by atoms with van der Waals surface area (Å²) in [5.41, 5.74) is 6.14. The predicted octanol–water partition coefficient (Wildman–Crippen LogP) is 0.258. The normalized spacial score (nSPS) is 19.4. The van der Waals surface area contributed by atoms with E-state index >= 15 is 0 Å². The molecule has 1 radical (unpaired) electrons. The van der Waals surface area contributed by atoms with Crippen LogP contribution >= 0.6 is 0 Å². The summed E-state index contributed by atoms with van der Waals surface area (Å²) in [7, 11) is -4.32. The van der Waals surface area contributed by atoms with Crippen LogP contribution in [0.2, 0.25) is 0 Å². The van der Waals surface area contributed by atoms with Gasteiger partial charge >= 0.3 is 0 Å². The number of carbonyl (C=O) groups excluding carboxylic acids is 2. The lowest BCUT2D eigenvalue weighted by atomic mass is 10.0. The molecule has 31 heavy (non-hydrogen) atoms. The number of hydrogen-bond donors (Lipinski definition) is 3. The number of pyridine rings is 1. The fraction of sp³-hybridized carbons (Fsp3) is 0.333. The van der Waals surface area contributed by atoms with Crippen LogP contribution < -0.4 is 11.1 Å². The van der Waals surface area contributed by atoms with E-state index in [0.29, 0.717) is 24.9 Å². The second-order valence-electron chi connectivity index (χ2n) is 7.22. The van der Waals surface area contributed by atoms with Crippen molar-refractivity contribution in [2.45, 2.75) is 36.4 Å². The average molecular weight is 446 g/mol. The molecular weight excluding hydrogens is 420 g/mol. The molecule has 2 atom stereocenters. The number of aromatic nitrogens is 1. The van der Waals surface area contributed by atoms with E-state index in [1.54, 1.807) is 30.3 Å². The maximum Gasteiger partial charge on any atom is 0.284 e. The Morgan fingerprint density at radius 2 is 1.97 bits per heavy atom. The summed E-state index contributed by atoms with van der Waals surface area (Å²) in [6.45, 7) is 0.769. The third kappa shape index (κ3) is 5.27. The minimum absolute atomic E-state index is 0.00719. The number of aliphatic hydroxyl groups is 1. The molecule has 2 aromatic rings. The largest absolute Gasteiger partial charge is 0.390 e. The molecule has 10 heteroatoms. The van der Waals surface area contributed by atoms with Crippen LogP contribution in [0.25, 0.3) is 0 Å². The summed E-state index contributed by atoms with van der Waals surface area (Å²) in [6, 6.07) is 9.98. The lowest BCUT2D eigenvalue weighted by molar-refractivity contribution is -0.126. The topological polar surface area (TPSA) is 143 Å². The van der Waals surface area contributed by atoms with Gasteiger partial charge in [0.05, 0.1) is 18.6 Å². The molecule has 0 saturated carbocycles. The number of nitrogens with two attached hydrogens (primary N) is 1. The lowest BCUT2D eigenvalue weighted by Gasteiger charge is -2.32. The summed E-state index contributed by atoms with van der Waals surface area (Å²) in [6.07, 6.45) is 2.34. The van der Waals surface area contributed by atoms with Gasteiger partial charge < -0.3 is 16.2 Å². The molecule has 1 aliphatic heterocycles. The first-order valence-corrected chi connectivity index (χ1v) is 11.4. The average Bonchev–Trinajstić information content (AvgIpc) is 2.97. The van der Waals surface area contributed by atoms with E-state index in [1.165, 1.54) is 24.8 Å². The number of amides is 2. The molecule has 0 spiro atoms. The SMILES string of the molecule is NC(=O)c1ccccc1C[CH]C(=O)N(C1CCCNC[C@@H]1O)S(=O)(=O)c1ccccn1. The van der Waals surface area contributed by atoms with E-state index in [4.69, 9.17) is 5.73 Å². The van der Waals surface area contributed by atoms with Crippen LogP contribution in [0.5, 0.6) is 0 Å². The highest BCUT2D eigenvalue weighted by Gasteiger charge is 2.40. The summed E-state index contributed by atoms with van der Waals surface area (Å²) in [5.74, 6) is -1.43. The third-order valence-electron chi connectivity index (χ3n) is 5.11. The van der Waals surface area contributed by atoms with Crippen molar-refractivity contribution in [3.05, 3.63) is 66.2 Å².